The highest BCUT2D eigenvalue weighted by molar-refractivity contribution is 9.10. The lowest BCUT2D eigenvalue weighted by Gasteiger charge is -2.36. The van der Waals surface area contributed by atoms with Crippen LogP contribution in [0, 0.1) is 5.92 Å². The summed E-state index contributed by atoms with van der Waals surface area (Å²) in [6.45, 7) is 0. The number of halogens is 1. The molecule has 0 bridgehead atoms. The highest BCUT2D eigenvalue weighted by Crippen LogP contribution is 2.41. The van der Waals surface area contributed by atoms with Gasteiger partial charge in [-0.15, -0.1) is 0 Å². The number of fused-ring (bicyclic) bond motifs is 1. The second-order valence-electron chi connectivity index (χ2n) is 5.49. The van der Waals surface area contributed by atoms with Crippen molar-refractivity contribution < 1.29 is 9.84 Å². The zero-order chi connectivity index (χ0) is 12.5. The van der Waals surface area contributed by atoms with Crippen LogP contribution in [0.3, 0.4) is 0 Å². The van der Waals surface area contributed by atoms with E-state index in [1.165, 1.54) is 32.1 Å². The Bertz CT molecular complexity index is 427. The summed E-state index contributed by atoms with van der Waals surface area (Å²) in [5, 5.41) is 10.3. The van der Waals surface area contributed by atoms with Gasteiger partial charge in [0.25, 0.3) is 0 Å². The van der Waals surface area contributed by atoms with Gasteiger partial charge in [-0.25, -0.2) is 0 Å². The summed E-state index contributed by atoms with van der Waals surface area (Å²) >= 11 is 3.44. The SMILES string of the molecule is O[C@@H]1CC(C2CCCCC2)Oc2ccc(Br)cc21. The quantitative estimate of drug-likeness (QED) is 0.841. The average molecular weight is 311 g/mol. The minimum Gasteiger partial charge on any atom is -0.490 e. The molecule has 1 heterocycles. The molecule has 1 fully saturated rings. The van der Waals surface area contributed by atoms with Gasteiger partial charge in [0.05, 0.1) is 6.10 Å². The van der Waals surface area contributed by atoms with E-state index in [4.69, 9.17) is 4.74 Å². The number of hydrogen-bond acceptors (Lipinski definition) is 2. The molecule has 2 nitrogen and oxygen atoms in total. The van der Waals surface area contributed by atoms with Gasteiger partial charge in [0, 0.05) is 16.5 Å². The van der Waals surface area contributed by atoms with Crippen molar-refractivity contribution in [3.63, 3.8) is 0 Å². The first-order valence-corrected chi connectivity index (χ1v) is 7.67. The molecule has 0 spiro atoms. The smallest absolute Gasteiger partial charge is 0.125 e. The standard InChI is InChI=1S/C15H19BrO2/c16-11-6-7-14-12(8-11)13(17)9-15(18-14)10-4-2-1-3-5-10/h6-8,10,13,15,17H,1-5,9H2/t13-,15?/m1/s1. The molecule has 98 valence electrons. The van der Waals surface area contributed by atoms with Gasteiger partial charge in [-0.2, -0.15) is 0 Å². The summed E-state index contributed by atoms with van der Waals surface area (Å²) in [7, 11) is 0. The minimum absolute atomic E-state index is 0.203. The molecule has 2 atom stereocenters. The van der Waals surface area contributed by atoms with Crippen LogP contribution in [-0.4, -0.2) is 11.2 Å². The summed E-state index contributed by atoms with van der Waals surface area (Å²) in [4.78, 5) is 0. The molecule has 1 aliphatic heterocycles. The van der Waals surface area contributed by atoms with E-state index in [1.807, 2.05) is 18.2 Å². The molecule has 0 amide bonds. The predicted octanol–water partition coefficient (Wildman–Crippen LogP) is 4.21. The molecular weight excluding hydrogens is 292 g/mol. The fraction of sp³-hybridized carbons (Fsp3) is 0.600. The van der Waals surface area contributed by atoms with E-state index < -0.39 is 0 Å². The molecule has 18 heavy (non-hydrogen) atoms. The Kier molecular flexibility index (Phi) is 3.62. The normalized spacial score (nSPS) is 28.6. The number of aliphatic hydroxyl groups excluding tert-OH is 1. The first-order valence-electron chi connectivity index (χ1n) is 6.88. The molecule has 3 heteroatoms. The number of hydrogen-bond donors (Lipinski definition) is 1. The lowest BCUT2D eigenvalue weighted by atomic mass is 9.81. The molecule has 0 aromatic heterocycles. The first-order chi connectivity index (χ1) is 8.74. The van der Waals surface area contributed by atoms with E-state index in [0.29, 0.717) is 5.92 Å². The molecule has 0 saturated heterocycles. The van der Waals surface area contributed by atoms with Gasteiger partial charge in [0.1, 0.15) is 11.9 Å². The van der Waals surface area contributed by atoms with E-state index >= 15 is 0 Å². The number of rotatable bonds is 1. The van der Waals surface area contributed by atoms with Crippen LogP contribution in [0.5, 0.6) is 5.75 Å². The van der Waals surface area contributed by atoms with Crippen LogP contribution in [0.2, 0.25) is 0 Å². The molecule has 0 radical (unpaired) electrons. The molecule has 2 aliphatic rings. The van der Waals surface area contributed by atoms with Crippen molar-refractivity contribution in [2.45, 2.75) is 50.7 Å². The molecule has 1 saturated carbocycles. The molecule has 1 unspecified atom stereocenters. The Labute approximate surface area is 116 Å². The molecule has 1 N–H and O–H groups in total. The minimum atomic E-state index is -0.377. The van der Waals surface area contributed by atoms with E-state index in [0.717, 1.165) is 22.2 Å². The van der Waals surface area contributed by atoms with Gasteiger partial charge < -0.3 is 9.84 Å². The van der Waals surface area contributed by atoms with Crippen molar-refractivity contribution in [2.24, 2.45) is 5.92 Å². The maximum Gasteiger partial charge on any atom is 0.125 e. The second kappa shape index (κ2) is 5.22. The van der Waals surface area contributed by atoms with E-state index in [9.17, 15) is 5.11 Å². The van der Waals surface area contributed by atoms with Gasteiger partial charge in [-0.3, -0.25) is 0 Å². The van der Waals surface area contributed by atoms with Gasteiger partial charge in [0.15, 0.2) is 0 Å². The topological polar surface area (TPSA) is 29.5 Å². The second-order valence-corrected chi connectivity index (χ2v) is 6.40. The van der Waals surface area contributed by atoms with Crippen LogP contribution in [0.15, 0.2) is 22.7 Å². The van der Waals surface area contributed by atoms with Crippen molar-refractivity contribution in [2.75, 3.05) is 0 Å². The van der Waals surface area contributed by atoms with Crippen molar-refractivity contribution in [1.29, 1.82) is 0 Å². The molecular formula is C15H19BrO2. The molecule has 1 aromatic rings. The third kappa shape index (κ3) is 2.43. The zero-order valence-corrected chi connectivity index (χ0v) is 12.0. The lowest BCUT2D eigenvalue weighted by Crippen LogP contribution is -2.34. The zero-order valence-electron chi connectivity index (χ0n) is 10.4. The summed E-state index contributed by atoms with van der Waals surface area (Å²) in [6.07, 6.45) is 7.06. The lowest BCUT2D eigenvalue weighted by molar-refractivity contribution is 0.0233. The fourth-order valence-electron chi connectivity index (χ4n) is 3.24. The van der Waals surface area contributed by atoms with Crippen molar-refractivity contribution in [1.82, 2.24) is 0 Å². The largest absolute Gasteiger partial charge is 0.490 e. The number of aliphatic hydroxyl groups is 1. The van der Waals surface area contributed by atoms with Crippen molar-refractivity contribution >= 4 is 15.9 Å². The molecule has 1 aromatic carbocycles. The Morgan fingerprint density at radius 3 is 2.72 bits per heavy atom. The van der Waals surface area contributed by atoms with Gasteiger partial charge in [-0.1, -0.05) is 35.2 Å². The summed E-state index contributed by atoms with van der Waals surface area (Å²) in [5.41, 5.74) is 0.927. The summed E-state index contributed by atoms with van der Waals surface area (Å²) < 4.78 is 7.12. The fourth-order valence-corrected chi connectivity index (χ4v) is 3.62. The first kappa shape index (κ1) is 12.5. The highest BCUT2D eigenvalue weighted by atomic mass is 79.9. The van der Waals surface area contributed by atoms with Gasteiger partial charge in [0.2, 0.25) is 0 Å². The summed E-state index contributed by atoms with van der Waals surface area (Å²) in [6, 6.07) is 5.92. The number of ether oxygens (including phenoxy) is 1. The maximum atomic E-state index is 10.3. The van der Waals surface area contributed by atoms with E-state index in [-0.39, 0.29) is 12.2 Å². The van der Waals surface area contributed by atoms with Crippen LogP contribution in [0.4, 0.5) is 0 Å². The van der Waals surface area contributed by atoms with Gasteiger partial charge >= 0.3 is 0 Å². The molecule has 1 aliphatic carbocycles. The third-order valence-corrected chi connectivity index (χ3v) is 4.73. The van der Waals surface area contributed by atoms with Crippen molar-refractivity contribution in [3.8, 4) is 5.75 Å². The van der Waals surface area contributed by atoms with Crippen LogP contribution >= 0.6 is 15.9 Å². The third-order valence-electron chi connectivity index (χ3n) is 4.24. The van der Waals surface area contributed by atoms with Gasteiger partial charge in [-0.05, 0) is 37.0 Å². The van der Waals surface area contributed by atoms with Crippen LogP contribution in [-0.2, 0) is 0 Å². The average Bonchev–Trinajstić information content (AvgIpc) is 2.40. The monoisotopic (exact) mass is 310 g/mol. The van der Waals surface area contributed by atoms with Crippen LogP contribution in [0.1, 0.15) is 50.2 Å². The number of benzene rings is 1. The van der Waals surface area contributed by atoms with E-state index in [1.54, 1.807) is 0 Å². The van der Waals surface area contributed by atoms with Crippen LogP contribution in [0.25, 0.3) is 0 Å². The van der Waals surface area contributed by atoms with E-state index in [2.05, 4.69) is 15.9 Å². The summed E-state index contributed by atoms with van der Waals surface area (Å²) in [5.74, 6) is 1.50. The Hall–Kier alpha value is -0.540. The van der Waals surface area contributed by atoms with Crippen molar-refractivity contribution in [3.05, 3.63) is 28.2 Å². The Morgan fingerprint density at radius 1 is 1.17 bits per heavy atom. The highest BCUT2D eigenvalue weighted by Gasteiger charge is 2.33. The maximum absolute atomic E-state index is 10.3. The molecule has 3 rings (SSSR count). The Balaban J connectivity index is 1.80. The van der Waals surface area contributed by atoms with Crippen LogP contribution < -0.4 is 4.74 Å². The predicted molar refractivity (Wildman–Crippen MR) is 74.7 cm³/mol. The Morgan fingerprint density at radius 2 is 1.94 bits per heavy atom.